The van der Waals surface area contributed by atoms with Crippen LogP contribution in [0.25, 0.3) is 0 Å². The molecule has 10 nitrogen and oxygen atoms in total. The molecule has 0 saturated heterocycles. The Balaban J connectivity index is 0. The lowest BCUT2D eigenvalue weighted by Gasteiger charge is -2.06. The van der Waals surface area contributed by atoms with Crippen LogP contribution in [0.5, 0.6) is 0 Å². The van der Waals surface area contributed by atoms with E-state index in [2.05, 4.69) is 10.6 Å². The van der Waals surface area contributed by atoms with Crippen LogP contribution in [0.15, 0.2) is 0 Å². The van der Waals surface area contributed by atoms with E-state index in [1.807, 2.05) is 0 Å². The molecular formula is C10H18N2O8. The minimum atomic E-state index is -1.15. The number of carboxylic acids is 4. The maximum atomic E-state index is 10.1. The number of likely N-dealkylation sites (N-methyl/N-ethyl adjacent to an activating group) is 2. The van der Waals surface area contributed by atoms with Gasteiger partial charge in [-0.2, -0.15) is 0 Å². The van der Waals surface area contributed by atoms with Gasteiger partial charge in [0.15, 0.2) is 0 Å². The van der Waals surface area contributed by atoms with E-state index in [1.165, 1.54) is 14.1 Å². The molecule has 0 aliphatic rings. The van der Waals surface area contributed by atoms with Crippen molar-refractivity contribution in [2.24, 2.45) is 0 Å². The van der Waals surface area contributed by atoms with Crippen molar-refractivity contribution in [3.8, 4) is 0 Å². The Labute approximate surface area is 114 Å². The SMILES string of the molecule is CNC(CC(=O)O)C(=O)O.CN[C@@H](CC(=O)O)C(=O)O. The Morgan fingerprint density at radius 2 is 1.00 bits per heavy atom. The predicted octanol–water partition coefficient (Wildman–Crippen LogP) is -1.73. The first-order chi connectivity index (χ1) is 9.15. The van der Waals surface area contributed by atoms with Crippen LogP contribution in [0, 0.1) is 0 Å². The van der Waals surface area contributed by atoms with Gasteiger partial charge in [0, 0.05) is 0 Å². The number of aliphatic carboxylic acids is 4. The van der Waals surface area contributed by atoms with E-state index in [0.29, 0.717) is 0 Å². The Morgan fingerprint density at radius 1 is 0.750 bits per heavy atom. The summed E-state index contributed by atoms with van der Waals surface area (Å²) < 4.78 is 0. The second-order valence-corrected chi connectivity index (χ2v) is 3.55. The highest BCUT2D eigenvalue weighted by Gasteiger charge is 2.18. The molecule has 116 valence electrons. The second kappa shape index (κ2) is 10.7. The number of hydrogen-bond acceptors (Lipinski definition) is 6. The topological polar surface area (TPSA) is 173 Å². The lowest BCUT2D eigenvalue weighted by atomic mass is 10.2. The summed E-state index contributed by atoms with van der Waals surface area (Å²) in [4.78, 5) is 40.2. The average Bonchev–Trinajstić information content (AvgIpc) is 2.32. The van der Waals surface area contributed by atoms with E-state index in [-0.39, 0.29) is 0 Å². The molecule has 6 N–H and O–H groups in total. The molecule has 0 aromatic carbocycles. The second-order valence-electron chi connectivity index (χ2n) is 3.55. The maximum Gasteiger partial charge on any atom is 0.321 e. The largest absolute Gasteiger partial charge is 0.481 e. The molecular weight excluding hydrogens is 276 g/mol. The van der Waals surface area contributed by atoms with Gasteiger partial charge in [0.2, 0.25) is 0 Å². The van der Waals surface area contributed by atoms with Crippen molar-refractivity contribution in [3.63, 3.8) is 0 Å². The Hall–Kier alpha value is -2.20. The highest BCUT2D eigenvalue weighted by atomic mass is 16.4. The van der Waals surface area contributed by atoms with Gasteiger partial charge in [-0.25, -0.2) is 0 Å². The molecule has 1 unspecified atom stereocenters. The Kier molecular flexibility index (Phi) is 10.8. The highest BCUT2D eigenvalue weighted by Crippen LogP contribution is 1.90. The van der Waals surface area contributed by atoms with Crippen molar-refractivity contribution in [2.75, 3.05) is 14.1 Å². The van der Waals surface area contributed by atoms with Crippen LogP contribution in [-0.2, 0) is 19.2 Å². The van der Waals surface area contributed by atoms with Crippen molar-refractivity contribution < 1.29 is 39.6 Å². The summed E-state index contributed by atoms with van der Waals surface area (Å²) in [7, 11) is 2.81. The van der Waals surface area contributed by atoms with Gasteiger partial charge in [-0.1, -0.05) is 0 Å². The molecule has 0 amide bonds. The van der Waals surface area contributed by atoms with E-state index < -0.39 is 48.8 Å². The van der Waals surface area contributed by atoms with Crippen LogP contribution in [0.1, 0.15) is 12.8 Å². The Bertz CT molecular complexity index is 323. The van der Waals surface area contributed by atoms with Crippen LogP contribution in [-0.4, -0.2) is 70.5 Å². The van der Waals surface area contributed by atoms with Crippen LogP contribution >= 0.6 is 0 Å². The predicted molar refractivity (Wildman–Crippen MR) is 65.5 cm³/mol. The van der Waals surface area contributed by atoms with Crippen LogP contribution in [0.2, 0.25) is 0 Å². The molecule has 0 radical (unpaired) electrons. The minimum absolute atomic E-state index is 0.397. The minimum Gasteiger partial charge on any atom is -0.481 e. The molecule has 0 aromatic heterocycles. The van der Waals surface area contributed by atoms with Crippen LogP contribution in [0.3, 0.4) is 0 Å². The fourth-order valence-electron chi connectivity index (χ4n) is 0.975. The molecule has 20 heavy (non-hydrogen) atoms. The normalized spacial score (nSPS) is 12.5. The molecule has 10 heteroatoms. The molecule has 0 spiro atoms. The first-order valence-electron chi connectivity index (χ1n) is 5.39. The molecule has 2 atom stereocenters. The van der Waals surface area contributed by atoms with Crippen molar-refractivity contribution in [1.82, 2.24) is 10.6 Å². The van der Waals surface area contributed by atoms with E-state index in [0.717, 1.165) is 0 Å². The summed E-state index contributed by atoms with van der Waals surface area (Å²) >= 11 is 0. The van der Waals surface area contributed by atoms with Crippen molar-refractivity contribution in [1.29, 1.82) is 0 Å². The van der Waals surface area contributed by atoms with Gasteiger partial charge >= 0.3 is 23.9 Å². The molecule has 0 rings (SSSR count). The quantitative estimate of drug-likeness (QED) is 0.302. The molecule has 0 aliphatic heterocycles. The first kappa shape index (κ1) is 20.1. The average molecular weight is 294 g/mol. The van der Waals surface area contributed by atoms with Gasteiger partial charge in [0.05, 0.1) is 12.8 Å². The number of carboxylic acid groups (broad SMARTS) is 4. The van der Waals surface area contributed by atoms with Gasteiger partial charge in [0.1, 0.15) is 12.1 Å². The number of rotatable bonds is 8. The summed E-state index contributed by atoms with van der Waals surface area (Å²) in [6, 6.07) is -1.98. The molecule has 0 aliphatic carbocycles. The lowest BCUT2D eigenvalue weighted by Crippen LogP contribution is -2.35. The third-order valence-corrected chi connectivity index (χ3v) is 2.05. The standard InChI is InChI=1S/2C5H9NO4/c2*1-6-3(5(9)10)2-4(7)8/h2*3,6H,2H2,1H3,(H,7,8)(H,9,10)/t3-;/m0./s1. The van der Waals surface area contributed by atoms with Gasteiger partial charge in [-0.3, -0.25) is 19.2 Å². The van der Waals surface area contributed by atoms with Crippen molar-refractivity contribution >= 4 is 23.9 Å². The van der Waals surface area contributed by atoms with E-state index >= 15 is 0 Å². The third kappa shape index (κ3) is 10.9. The lowest BCUT2D eigenvalue weighted by molar-refractivity contribution is -0.145. The summed E-state index contributed by atoms with van der Waals surface area (Å²) in [6.07, 6.45) is -0.794. The monoisotopic (exact) mass is 294 g/mol. The van der Waals surface area contributed by atoms with Crippen molar-refractivity contribution in [2.45, 2.75) is 24.9 Å². The van der Waals surface area contributed by atoms with Gasteiger partial charge in [-0.05, 0) is 14.1 Å². The van der Waals surface area contributed by atoms with Crippen LogP contribution < -0.4 is 10.6 Å². The van der Waals surface area contributed by atoms with E-state index in [4.69, 9.17) is 20.4 Å². The van der Waals surface area contributed by atoms with E-state index in [9.17, 15) is 19.2 Å². The zero-order valence-corrected chi connectivity index (χ0v) is 11.0. The van der Waals surface area contributed by atoms with Crippen molar-refractivity contribution in [3.05, 3.63) is 0 Å². The highest BCUT2D eigenvalue weighted by molar-refractivity contribution is 5.80. The summed E-state index contributed by atoms with van der Waals surface area (Å²) in [5, 5.41) is 37.6. The number of hydrogen-bond donors (Lipinski definition) is 6. The fraction of sp³-hybridized carbons (Fsp3) is 0.600. The third-order valence-electron chi connectivity index (χ3n) is 2.05. The summed E-state index contributed by atoms with van der Waals surface area (Å²) in [6.45, 7) is 0. The first-order valence-corrected chi connectivity index (χ1v) is 5.39. The maximum absolute atomic E-state index is 10.1. The van der Waals surface area contributed by atoms with E-state index in [1.54, 1.807) is 0 Å². The van der Waals surface area contributed by atoms with Gasteiger partial charge in [0.25, 0.3) is 0 Å². The van der Waals surface area contributed by atoms with Crippen LogP contribution in [0.4, 0.5) is 0 Å². The molecule has 0 aromatic rings. The van der Waals surface area contributed by atoms with Gasteiger partial charge in [-0.15, -0.1) is 0 Å². The number of nitrogens with one attached hydrogen (secondary N) is 2. The number of carbonyl (C=O) groups is 4. The fourth-order valence-corrected chi connectivity index (χ4v) is 0.975. The molecule has 0 bridgehead atoms. The smallest absolute Gasteiger partial charge is 0.321 e. The molecule has 0 heterocycles. The zero-order chi connectivity index (χ0) is 16.3. The molecule has 0 fully saturated rings. The zero-order valence-electron chi connectivity index (χ0n) is 11.0. The summed E-state index contributed by atoms with van der Waals surface area (Å²) in [5.74, 6) is -4.54. The van der Waals surface area contributed by atoms with Gasteiger partial charge < -0.3 is 31.1 Å². The molecule has 0 saturated carbocycles. The Morgan fingerprint density at radius 3 is 1.05 bits per heavy atom. The summed E-state index contributed by atoms with van der Waals surface area (Å²) in [5.41, 5.74) is 0.